The van der Waals surface area contributed by atoms with Crippen LogP contribution in [0.15, 0.2) is 75.0 Å². The third-order valence-electron chi connectivity index (χ3n) is 6.82. The lowest BCUT2D eigenvalue weighted by atomic mass is 9.88. The predicted octanol–water partition coefficient (Wildman–Crippen LogP) is 6.98. The lowest BCUT2D eigenvalue weighted by Crippen LogP contribution is -2.25. The van der Waals surface area contributed by atoms with Crippen molar-refractivity contribution >= 4 is 33.0 Å². The molecule has 37 heavy (non-hydrogen) atoms. The van der Waals surface area contributed by atoms with Crippen molar-refractivity contribution in [3.05, 3.63) is 98.0 Å². The molecule has 0 saturated heterocycles. The van der Waals surface area contributed by atoms with Gasteiger partial charge in [-0.25, -0.2) is 4.98 Å². The molecule has 1 aromatic heterocycles. The van der Waals surface area contributed by atoms with E-state index in [0.29, 0.717) is 23.5 Å². The highest BCUT2D eigenvalue weighted by Crippen LogP contribution is 2.34. The Morgan fingerprint density at radius 1 is 1.05 bits per heavy atom. The molecule has 0 atom stereocenters. The molecular weight excluding hydrogens is 530 g/mol. The number of aromatic nitrogens is 2. The van der Waals surface area contributed by atoms with Gasteiger partial charge in [0.05, 0.1) is 24.2 Å². The maximum atomic E-state index is 13.5. The van der Waals surface area contributed by atoms with E-state index in [1.165, 1.54) is 16.7 Å². The number of para-hydroxylation sites is 1. The predicted molar refractivity (Wildman–Crippen MR) is 151 cm³/mol. The molecule has 190 valence electrons. The average molecular weight is 560 g/mol. The number of methoxy groups -OCH3 is 1. The van der Waals surface area contributed by atoms with Gasteiger partial charge in [0.15, 0.2) is 11.5 Å². The van der Waals surface area contributed by atoms with Gasteiger partial charge in [-0.15, -0.1) is 0 Å². The van der Waals surface area contributed by atoms with Crippen LogP contribution in [-0.4, -0.2) is 23.0 Å². The van der Waals surface area contributed by atoms with Gasteiger partial charge >= 0.3 is 0 Å². The van der Waals surface area contributed by atoms with E-state index >= 15 is 0 Å². The number of aryl methyl sites for hydroxylation is 1. The van der Waals surface area contributed by atoms with Gasteiger partial charge in [-0.1, -0.05) is 61.2 Å². The van der Waals surface area contributed by atoms with Crippen molar-refractivity contribution in [3.8, 4) is 11.5 Å². The number of nitrogens with zero attached hydrogens (tertiary/aromatic N) is 3. The second kappa shape index (κ2) is 11.3. The van der Waals surface area contributed by atoms with Crippen molar-refractivity contribution in [1.82, 2.24) is 9.66 Å². The molecule has 4 aromatic rings. The van der Waals surface area contributed by atoms with Crippen LogP contribution < -0.4 is 15.0 Å². The second-order valence-electron chi connectivity index (χ2n) is 9.49. The number of hydrogen-bond acceptors (Lipinski definition) is 5. The van der Waals surface area contributed by atoms with Gasteiger partial charge in [0.2, 0.25) is 0 Å². The summed E-state index contributed by atoms with van der Waals surface area (Å²) in [5.74, 6) is 2.17. The van der Waals surface area contributed by atoms with Crippen LogP contribution in [0.5, 0.6) is 11.5 Å². The van der Waals surface area contributed by atoms with Crippen molar-refractivity contribution in [1.29, 1.82) is 0 Å². The van der Waals surface area contributed by atoms with Gasteiger partial charge in [-0.3, -0.25) is 4.79 Å². The standard InChI is InChI=1S/C30H30BrN3O3/c1-20-9-8-10-21(15-20)19-37-28-17-25(31)23(16-27(28)36-2)18-32-34-29(22-11-4-3-5-12-22)33-26-14-7-6-13-24(26)30(34)35/h6-10,13-18,22H,3-5,11-12,19H2,1-2H3. The van der Waals surface area contributed by atoms with E-state index in [-0.39, 0.29) is 11.5 Å². The normalized spacial score (nSPS) is 14.4. The third-order valence-corrected chi connectivity index (χ3v) is 7.51. The van der Waals surface area contributed by atoms with Crippen molar-refractivity contribution in [3.63, 3.8) is 0 Å². The minimum Gasteiger partial charge on any atom is -0.493 e. The van der Waals surface area contributed by atoms with Gasteiger partial charge < -0.3 is 9.47 Å². The molecule has 1 saturated carbocycles. The summed E-state index contributed by atoms with van der Waals surface area (Å²) in [7, 11) is 1.61. The lowest BCUT2D eigenvalue weighted by molar-refractivity contribution is 0.284. The van der Waals surface area contributed by atoms with Crippen LogP contribution in [0.1, 0.15) is 60.5 Å². The largest absolute Gasteiger partial charge is 0.493 e. The number of halogens is 1. The van der Waals surface area contributed by atoms with Crippen LogP contribution in [0.2, 0.25) is 0 Å². The maximum absolute atomic E-state index is 13.5. The van der Waals surface area contributed by atoms with E-state index in [4.69, 9.17) is 14.5 Å². The van der Waals surface area contributed by atoms with E-state index in [1.54, 1.807) is 19.4 Å². The second-order valence-corrected chi connectivity index (χ2v) is 10.3. The molecule has 0 N–H and O–H groups in total. The topological polar surface area (TPSA) is 65.7 Å². The number of benzene rings is 3. The van der Waals surface area contributed by atoms with E-state index in [1.807, 2.05) is 42.5 Å². The smallest absolute Gasteiger partial charge is 0.282 e. The summed E-state index contributed by atoms with van der Waals surface area (Å²) in [4.78, 5) is 18.4. The first kappa shape index (κ1) is 25.2. The van der Waals surface area contributed by atoms with Crippen LogP contribution >= 0.6 is 15.9 Å². The molecule has 0 unspecified atom stereocenters. The molecule has 0 bridgehead atoms. The summed E-state index contributed by atoms with van der Waals surface area (Å²) in [6.45, 7) is 2.49. The highest BCUT2D eigenvalue weighted by Gasteiger charge is 2.22. The van der Waals surface area contributed by atoms with Crippen molar-refractivity contribution < 1.29 is 9.47 Å². The molecule has 1 aliphatic rings. The molecule has 7 heteroatoms. The van der Waals surface area contributed by atoms with E-state index in [0.717, 1.165) is 52.6 Å². The SMILES string of the molecule is COc1cc(C=Nn2c(C3CCCCC3)nc3ccccc3c2=O)c(Br)cc1OCc1cccc(C)c1. The number of ether oxygens (including phenoxy) is 2. The monoisotopic (exact) mass is 559 g/mol. The zero-order chi connectivity index (χ0) is 25.8. The van der Waals surface area contributed by atoms with Gasteiger partial charge in [-0.2, -0.15) is 9.78 Å². The Hall–Kier alpha value is -3.45. The van der Waals surface area contributed by atoms with Gasteiger partial charge in [0.1, 0.15) is 12.4 Å². The first-order chi connectivity index (χ1) is 18.0. The summed E-state index contributed by atoms with van der Waals surface area (Å²) in [5, 5.41) is 5.23. The van der Waals surface area contributed by atoms with Crippen LogP contribution in [0.3, 0.4) is 0 Å². The fraction of sp³-hybridized carbons (Fsp3) is 0.300. The quantitative estimate of drug-likeness (QED) is 0.229. The van der Waals surface area contributed by atoms with Crippen molar-refractivity contribution in [2.45, 2.75) is 51.6 Å². The summed E-state index contributed by atoms with van der Waals surface area (Å²) in [6.07, 6.45) is 7.23. The Kier molecular flexibility index (Phi) is 7.70. The Morgan fingerprint density at radius 3 is 2.65 bits per heavy atom. The van der Waals surface area contributed by atoms with Crippen molar-refractivity contribution in [2.75, 3.05) is 7.11 Å². The van der Waals surface area contributed by atoms with E-state index < -0.39 is 0 Å². The first-order valence-electron chi connectivity index (χ1n) is 12.7. The molecule has 0 spiro atoms. The molecule has 0 amide bonds. The Morgan fingerprint density at radius 2 is 1.86 bits per heavy atom. The zero-order valence-electron chi connectivity index (χ0n) is 21.1. The van der Waals surface area contributed by atoms with Gasteiger partial charge in [0.25, 0.3) is 5.56 Å². The molecular formula is C30H30BrN3O3. The Labute approximate surface area is 225 Å². The fourth-order valence-electron chi connectivity index (χ4n) is 4.88. The summed E-state index contributed by atoms with van der Waals surface area (Å²) < 4.78 is 14.0. The average Bonchev–Trinajstić information content (AvgIpc) is 2.92. The molecule has 6 nitrogen and oxygen atoms in total. The molecule has 1 aliphatic carbocycles. The number of hydrogen-bond donors (Lipinski definition) is 0. The molecule has 3 aromatic carbocycles. The van der Waals surface area contributed by atoms with Crippen LogP contribution in [0, 0.1) is 6.92 Å². The zero-order valence-corrected chi connectivity index (χ0v) is 22.7. The fourth-order valence-corrected chi connectivity index (χ4v) is 5.31. The highest BCUT2D eigenvalue weighted by molar-refractivity contribution is 9.10. The van der Waals surface area contributed by atoms with Crippen molar-refractivity contribution in [2.24, 2.45) is 5.10 Å². The highest BCUT2D eigenvalue weighted by atomic mass is 79.9. The minimum absolute atomic E-state index is 0.149. The molecule has 5 rings (SSSR count). The summed E-state index contributed by atoms with van der Waals surface area (Å²) >= 11 is 3.65. The number of fused-ring (bicyclic) bond motifs is 1. The molecule has 1 fully saturated rings. The van der Waals surface area contributed by atoms with E-state index in [2.05, 4.69) is 40.1 Å². The molecule has 0 aliphatic heterocycles. The minimum atomic E-state index is -0.149. The third kappa shape index (κ3) is 5.62. The van der Waals surface area contributed by atoms with Crippen LogP contribution in [0.4, 0.5) is 0 Å². The summed E-state index contributed by atoms with van der Waals surface area (Å²) in [5.41, 5.74) is 3.62. The Balaban J connectivity index is 1.48. The first-order valence-corrected chi connectivity index (χ1v) is 13.4. The number of rotatable bonds is 7. The van der Waals surface area contributed by atoms with E-state index in [9.17, 15) is 4.79 Å². The molecule has 1 heterocycles. The van der Waals surface area contributed by atoms with Gasteiger partial charge in [-0.05, 0) is 65.5 Å². The Bertz CT molecular complexity index is 1510. The maximum Gasteiger partial charge on any atom is 0.282 e. The molecule has 0 radical (unpaired) electrons. The van der Waals surface area contributed by atoms with Crippen LogP contribution in [0.25, 0.3) is 10.9 Å². The lowest BCUT2D eigenvalue weighted by Gasteiger charge is -2.22. The summed E-state index contributed by atoms with van der Waals surface area (Å²) in [6, 6.07) is 19.4. The van der Waals surface area contributed by atoms with Gasteiger partial charge in [0, 0.05) is 16.0 Å². The van der Waals surface area contributed by atoms with Crippen LogP contribution in [-0.2, 0) is 6.61 Å².